The van der Waals surface area contributed by atoms with Gasteiger partial charge in [-0.2, -0.15) is 0 Å². The van der Waals surface area contributed by atoms with E-state index in [0.29, 0.717) is 13.0 Å². The van der Waals surface area contributed by atoms with Crippen LogP contribution in [0.1, 0.15) is 20.3 Å². The number of aliphatic carboxylic acids is 1. The van der Waals surface area contributed by atoms with Crippen molar-refractivity contribution in [2.24, 2.45) is 17.8 Å². The van der Waals surface area contributed by atoms with Crippen LogP contribution in [0.4, 0.5) is 0 Å². The van der Waals surface area contributed by atoms with Crippen LogP contribution >= 0.6 is 0 Å². The first kappa shape index (κ1) is 13.0. The average molecular weight is 229 g/mol. The van der Waals surface area contributed by atoms with E-state index >= 15 is 0 Å². The van der Waals surface area contributed by atoms with Crippen LogP contribution in [0.3, 0.4) is 0 Å². The number of hydrogen-bond donors (Lipinski definition) is 2. The summed E-state index contributed by atoms with van der Waals surface area (Å²) in [6, 6.07) is -0.0486. The van der Waals surface area contributed by atoms with E-state index in [9.17, 15) is 9.59 Å². The Morgan fingerprint density at radius 3 is 2.44 bits per heavy atom. The van der Waals surface area contributed by atoms with Gasteiger partial charge < -0.3 is 15.2 Å². The van der Waals surface area contributed by atoms with Crippen molar-refractivity contribution in [3.63, 3.8) is 0 Å². The van der Waals surface area contributed by atoms with Crippen LogP contribution in [0.25, 0.3) is 0 Å². The predicted molar refractivity (Wildman–Crippen MR) is 57.9 cm³/mol. The minimum absolute atomic E-state index is 0.0486. The highest BCUT2D eigenvalue weighted by atomic mass is 16.5. The van der Waals surface area contributed by atoms with Crippen LogP contribution in [-0.4, -0.2) is 36.7 Å². The van der Waals surface area contributed by atoms with Gasteiger partial charge in [0.1, 0.15) is 0 Å². The first-order chi connectivity index (χ1) is 7.47. The fraction of sp³-hybridized carbons (Fsp3) is 0.818. The molecule has 0 heterocycles. The summed E-state index contributed by atoms with van der Waals surface area (Å²) < 4.78 is 5.01. The number of methoxy groups -OCH3 is 1. The van der Waals surface area contributed by atoms with Gasteiger partial charge in [-0.25, -0.2) is 0 Å². The maximum Gasteiger partial charge on any atom is 0.307 e. The lowest BCUT2D eigenvalue weighted by Crippen LogP contribution is -2.42. The maximum absolute atomic E-state index is 11.7. The molecule has 5 heteroatoms. The largest absolute Gasteiger partial charge is 0.481 e. The lowest BCUT2D eigenvalue weighted by molar-refractivity contribution is -0.140. The van der Waals surface area contributed by atoms with Gasteiger partial charge in [0.2, 0.25) is 5.91 Å². The van der Waals surface area contributed by atoms with Gasteiger partial charge in [-0.15, -0.1) is 0 Å². The van der Waals surface area contributed by atoms with Gasteiger partial charge in [0, 0.05) is 7.11 Å². The Hall–Kier alpha value is -1.10. The van der Waals surface area contributed by atoms with Crippen molar-refractivity contribution in [2.75, 3.05) is 13.7 Å². The molecule has 1 unspecified atom stereocenters. The van der Waals surface area contributed by atoms with Crippen LogP contribution < -0.4 is 5.32 Å². The Morgan fingerprint density at radius 1 is 1.44 bits per heavy atom. The first-order valence-corrected chi connectivity index (χ1v) is 5.49. The highest BCUT2D eigenvalue weighted by molar-refractivity contribution is 5.89. The summed E-state index contributed by atoms with van der Waals surface area (Å²) in [4.78, 5) is 22.3. The molecule has 3 atom stereocenters. The number of rotatable bonds is 6. The van der Waals surface area contributed by atoms with Crippen molar-refractivity contribution in [2.45, 2.75) is 26.3 Å². The SMILES string of the molecule is COCC(NC(=O)[C@@H]1C[C@@H]1C(=O)O)C(C)C. The molecule has 5 nitrogen and oxygen atoms in total. The molecule has 1 saturated carbocycles. The summed E-state index contributed by atoms with van der Waals surface area (Å²) in [5.41, 5.74) is 0. The molecule has 1 aliphatic rings. The van der Waals surface area contributed by atoms with E-state index in [1.54, 1.807) is 7.11 Å². The zero-order valence-corrected chi connectivity index (χ0v) is 9.90. The highest BCUT2D eigenvalue weighted by Gasteiger charge is 2.48. The molecule has 0 aromatic heterocycles. The standard InChI is InChI=1S/C11H19NO4/c1-6(2)9(5-16-3)12-10(13)7-4-8(7)11(14)15/h6-9H,4-5H2,1-3H3,(H,12,13)(H,14,15)/t7-,8+,9?/m1/s1. The second-order valence-electron chi connectivity index (χ2n) is 4.60. The summed E-state index contributed by atoms with van der Waals surface area (Å²) in [5, 5.41) is 11.6. The van der Waals surface area contributed by atoms with E-state index in [4.69, 9.17) is 9.84 Å². The van der Waals surface area contributed by atoms with Gasteiger partial charge in [-0.1, -0.05) is 13.8 Å². The van der Waals surface area contributed by atoms with Crippen molar-refractivity contribution in [3.05, 3.63) is 0 Å². The lowest BCUT2D eigenvalue weighted by Gasteiger charge is -2.21. The second kappa shape index (κ2) is 5.30. The van der Waals surface area contributed by atoms with Crippen molar-refractivity contribution in [3.8, 4) is 0 Å². The van der Waals surface area contributed by atoms with Crippen molar-refractivity contribution in [1.29, 1.82) is 0 Å². The van der Waals surface area contributed by atoms with E-state index < -0.39 is 11.9 Å². The summed E-state index contributed by atoms with van der Waals surface area (Å²) in [6.07, 6.45) is 0.457. The van der Waals surface area contributed by atoms with Crippen LogP contribution in [0.15, 0.2) is 0 Å². The molecule has 92 valence electrons. The first-order valence-electron chi connectivity index (χ1n) is 5.49. The van der Waals surface area contributed by atoms with E-state index in [1.807, 2.05) is 13.8 Å². The fourth-order valence-corrected chi connectivity index (χ4v) is 1.63. The quantitative estimate of drug-likeness (QED) is 0.695. The third-order valence-electron chi connectivity index (χ3n) is 2.92. The summed E-state index contributed by atoms with van der Waals surface area (Å²) in [6.45, 7) is 4.44. The van der Waals surface area contributed by atoms with Crippen molar-refractivity contribution < 1.29 is 19.4 Å². The van der Waals surface area contributed by atoms with Gasteiger partial charge in [0.25, 0.3) is 0 Å². The topological polar surface area (TPSA) is 75.6 Å². The Kier molecular flexibility index (Phi) is 4.29. The molecule has 16 heavy (non-hydrogen) atoms. The predicted octanol–water partition coefficient (Wildman–Crippen LogP) is 0.494. The van der Waals surface area contributed by atoms with Gasteiger partial charge in [-0.3, -0.25) is 9.59 Å². The lowest BCUT2D eigenvalue weighted by atomic mass is 10.1. The molecular weight excluding hydrogens is 210 g/mol. The van der Waals surface area contributed by atoms with Gasteiger partial charge in [0.15, 0.2) is 0 Å². The zero-order chi connectivity index (χ0) is 12.3. The van der Waals surface area contributed by atoms with E-state index in [1.165, 1.54) is 0 Å². The molecule has 0 aromatic rings. The van der Waals surface area contributed by atoms with Gasteiger partial charge in [-0.05, 0) is 12.3 Å². The van der Waals surface area contributed by atoms with Crippen LogP contribution in [0, 0.1) is 17.8 Å². The van der Waals surface area contributed by atoms with E-state index in [-0.39, 0.29) is 23.8 Å². The molecule has 0 spiro atoms. The number of carbonyl (C=O) groups is 2. The number of carbonyl (C=O) groups excluding carboxylic acids is 1. The van der Waals surface area contributed by atoms with Gasteiger partial charge >= 0.3 is 5.97 Å². The maximum atomic E-state index is 11.7. The van der Waals surface area contributed by atoms with E-state index in [0.717, 1.165) is 0 Å². The smallest absolute Gasteiger partial charge is 0.307 e. The third kappa shape index (κ3) is 3.20. The summed E-state index contributed by atoms with van der Waals surface area (Å²) in [5.74, 6) is -1.62. The van der Waals surface area contributed by atoms with Crippen LogP contribution in [0.2, 0.25) is 0 Å². The Morgan fingerprint density at radius 2 is 2.06 bits per heavy atom. The fourth-order valence-electron chi connectivity index (χ4n) is 1.63. The highest BCUT2D eigenvalue weighted by Crippen LogP contribution is 2.38. The molecular formula is C11H19NO4. The molecule has 1 aliphatic carbocycles. The number of ether oxygens (including phenoxy) is 1. The minimum Gasteiger partial charge on any atom is -0.481 e. The molecule has 0 radical (unpaired) electrons. The molecule has 2 N–H and O–H groups in total. The van der Waals surface area contributed by atoms with E-state index in [2.05, 4.69) is 5.32 Å². The number of hydrogen-bond acceptors (Lipinski definition) is 3. The van der Waals surface area contributed by atoms with Gasteiger partial charge in [0.05, 0.1) is 24.5 Å². The molecule has 1 rings (SSSR count). The normalized spacial score (nSPS) is 25.2. The number of carboxylic acid groups (broad SMARTS) is 1. The Bertz CT molecular complexity index is 277. The van der Waals surface area contributed by atoms with Crippen molar-refractivity contribution in [1.82, 2.24) is 5.32 Å². The second-order valence-corrected chi connectivity index (χ2v) is 4.60. The molecule has 0 aliphatic heterocycles. The summed E-state index contributed by atoms with van der Waals surface area (Å²) in [7, 11) is 1.58. The van der Waals surface area contributed by atoms with Crippen LogP contribution in [-0.2, 0) is 14.3 Å². The third-order valence-corrected chi connectivity index (χ3v) is 2.92. The molecule has 1 amide bonds. The molecule has 0 saturated heterocycles. The molecule has 0 bridgehead atoms. The summed E-state index contributed by atoms with van der Waals surface area (Å²) >= 11 is 0. The number of amides is 1. The molecule has 0 aromatic carbocycles. The number of nitrogens with one attached hydrogen (secondary N) is 1. The van der Waals surface area contributed by atoms with Crippen LogP contribution in [0.5, 0.6) is 0 Å². The Labute approximate surface area is 95.2 Å². The number of carboxylic acids is 1. The monoisotopic (exact) mass is 229 g/mol. The Balaban J connectivity index is 2.41. The zero-order valence-electron chi connectivity index (χ0n) is 9.90. The van der Waals surface area contributed by atoms with Crippen molar-refractivity contribution >= 4 is 11.9 Å². The average Bonchev–Trinajstić information content (AvgIpc) is 2.96. The minimum atomic E-state index is -0.881. The molecule has 1 fully saturated rings.